The number of nitrogens with two attached hydrogens (primary N) is 1. The summed E-state index contributed by atoms with van der Waals surface area (Å²) >= 11 is 0. The van der Waals surface area contributed by atoms with Gasteiger partial charge in [-0.25, -0.2) is 15.8 Å². The molecule has 2 aliphatic rings. The molecule has 5 aromatic rings. The molecular weight excluding hydrogens is 464 g/mol. The summed E-state index contributed by atoms with van der Waals surface area (Å²) < 4.78 is 4.30. The van der Waals surface area contributed by atoms with Crippen LogP contribution in [0.5, 0.6) is 0 Å². The Morgan fingerprint density at radius 2 is 1.92 bits per heavy atom. The maximum absolute atomic E-state index is 13.5. The molecule has 0 saturated carbocycles. The third-order valence-electron chi connectivity index (χ3n) is 7.46. The summed E-state index contributed by atoms with van der Waals surface area (Å²) in [6.07, 6.45) is 7.16. The number of benzene rings is 2. The lowest BCUT2D eigenvalue weighted by atomic mass is 9.82. The van der Waals surface area contributed by atoms with Crippen molar-refractivity contribution in [2.24, 2.45) is 18.8 Å². The zero-order chi connectivity index (χ0) is 25.4. The molecule has 9 nitrogen and oxygen atoms in total. The van der Waals surface area contributed by atoms with Gasteiger partial charge in [-0.1, -0.05) is 13.8 Å². The maximum atomic E-state index is 13.5. The summed E-state index contributed by atoms with van der Waals surface area (Å²) in [7, 11) is 1.94. The van der Waals surface area contributed by atoms with Crippen LogP contribution in [-0.2, 0) is 33.0 Å². The molecule has 4 heterocycles. The SMILES string of the molecule is CC(C)Cn1c2ccc(Nc3ncccn3)cc2c2c3c(c4c(c21)CCc1nn(C)cc1-4)C(=O)N(N)C3. The van der Waals surface area contributed by atoms with Crippen molar-refractivity contribution in [3.63, 3.8) is 0 Å². The molecule has 0 fully saturated rings. The molecular formula is C28H28N8O. The van der Waals surface area contributed by atoms with E-state index in [0.29, 0.717) is 18.4 Å². The third-order valence-corrected chi connectivity index (χ3v) is 7.46. The fraction of sp³-hybridized carbons (Fsp3) is 0.286. The second-order valence-electron chi connectivity index (χ2n) is 10.5. The van der Waals surface area contributed by atoms with Gasteiger partial charge in [0.25, 0.3) is 5.91 Å². The summed E-state index contributed by atoms with van der Waals surface area (Å²) in [4.78, 5) is 22.1. The largest absolute Gasteiger partial charge is 0.340 e. The Balaban J connectivity index is 1.59. The fourth-order valence-corrected chi connectivity index (χ4v) is 6.14. The monoisotopic (exact) mass is 492 g/mol. The topological polar surface area (TPSA) is 107 Å². The zero-order valence-corrected chi connectivity index (χ0v) is 21.1. The number of anilines is 2. The van der Waals surface area contributed by atoms with Crippen LogP contribution in [-0.4, -0.2) is 35.2 Å². The summed E-state index contributed by atoms with van der Waals surface area (Å²) in [5.41, 5.74) is 9.32. The molecule has 7 rings (SSSR count). The van der Waals surface area contributed by atoms with Gasteiger partial charge in [0.2, 0.25) is 5.95 Å². The van der Waals surface area contributed by atoms with E-state index in [0.717, 1.165) is 69.3 Å². The summed E-state index contributed by atoms with van der Waals surface area (Å²) in [5, 5.41) is 11.6. The van der Waals surface area contributed by atoms with E-state index in [1.54, 1.807) is 18.5 Å². The van der Waals surface area contributed by atoms with Crippen LogP contribution in [0.2, 0.25) is 0 Å². The molecule has 0 radical (unpaired) electrons. The maximum Gasteiger partial charge on any atom is 0.269 e. The first-order valence-corrected chi connectivity index (χ1v) is 12.7. The number of nitrogens with one attached hydrogen (secondary N) is 1. The van der Waals surface area contributed by atoms with E-state index in [1.807, 2.05) is 17.9 Å². The van der Waals surface area contributed by atoms with Crippen LogP contribution in [0.25, 0.3) is 32.9 Å². The van der Waals surface area contributed by atoms with E-state index < -0.39 is 0 Å². The van der Waals surface area contributed by atoms with Crippen molar-refractivity contribution < 1.29 is 4.79 Å². The van der Waals surface area contributed by atoms with Gasteiger partial charge in [-0.05, 0) is 54.2 Å². The number of fused-ring (bicyclic) bond motifs is 10. The first-order chi connectivity index (χ1) is 17.9. The van der Waals surface area contributed by atoms with Crippen molar-refractivity contribution >= 4 is 39.3 Å². The average molecular weight is 493 g/mol. The number of nitrogens with zero attached hydrogens (tertiary/aromatic N) is 6. The zero-order valence-electron chi connectivity index (χ0n) is 21.1. The lowest BCUT2D eigenvalue weighted by molar-refractivity contribution is 0.0779. The smallest absolute Gasteiger partial charge is 0.269 e. The van der Waals surface area contributed by atoms with Crippen molar-refractivity contribution in [2.45, 2.75) is 39.8 Å². The van der Waals surface area contributed by atoms with Crippen molar-refractivity contribution in [1.82, 2.24) is 29.3 Å². The number of hydrazine groups is 1. The van der Waals surface area contributed by atoms with Gasteiger partial charge >= 0.3 is 0 Å². The van der Waals surface area contributed by atoms with Crippen LogP contribution < -0.4 is 11.2 Å². The van der Waals surface area contributed by atoms with Gasteiger partial charge in [0.05, 0.1) is 23.3 Å². The second-order valence-corrected chi connectivity index (χ2v) is 10.5. The molecule has 3 aromatic heterocycles. The Kier molecular flexibility index (Phi) is 4.68. The number of aromatic nitrogens is 5. The number of rotatable bonds is 4. The lowest BCUT2D eigenvalue weighted by Crippen LogP contribution is -2.31. The Hall–Kier alpha value is -4.24. The summed E-state index contributed by atoms with van der Waals surface area (Å²) in [6.45, 7) is 5.74. The highest BCUT2D eigenvalue weighted by atomic mass is 16.2. The van der Waals surface area contributed by atoms with Gasteiger partial charge in [-0.15, -0.1) is 0 Å². The van der Waals surface area contributed by atoms with Gasteiger partial charge in [0, 0.05) is 65.3 Å². The van der Waals surface area contributed by atoms with Crippen molar-refractivity contribution in [3.05, 3.63) is 65.2 Å². The van der Waals surface area contributed by atoms with Crippen LogP contribution in [0, 0.1) is 5.92 Å². The number of aryl methyl sites for hydroxylation is 3. The number of amides is 1. The van der Waals surface area contributed by atoms with E-state index in [-0.39, 0.29) is 5.91 Å². The van der Waals surface area contributed by atoms with E-state index in [9.17, 15) is 4.79 Å². The van der Waals surface area contributed by atoms with E-state index in [2.05, 4.69) is 51.9 Å². The van der Waals surface area contributed by atoms with Gasteiger partial charge in [-0.3, -0.25) is 14.5 Å². The highest BCUT2D eigenvalue weighted by Gasteiger charge is 2.37. The molecule has 0 atom stereocenters. The van der Waals surface area contributed by atoms with Crippen LogP contribution in [0.4, 0.5) is 11.6 Å². The quantitative estimate of drug-likeness (QED) is 0.286. The molecule has 3 N–H and O–H groups in total. The van der Waals surface area contributed by atoms with Gasteiger partial charge in [-0.2, -0.15) is 5.10 Å². The Morgan fingerprint density at radius 1 is 1.11 bits per heavy atom. The molecule has 37 heavy (non-hydrogen) atoms. The molecule has 0 saturated heterocycles. The molecule has 1 aliphatic heterocycles. The molecule has 9 heteroatoms. The predicted molar refractivity (Wildman–Crippen MR) is 143 cm³/mol. The molecule has 0 spiro atoms. The molecule has 1 aliphatic carbocycles. The third kappa shape index (κ3) is 3.20. The number of hydrogen-bond donors (Lipinski definition) is 2. The molecule has 0 unspecified atom stereocenters. The lowest BCUT2D eigenvalue weighted by Gasteiger charge is -2.22. The fourth-order valence-electron chi connectivity index (χ4n) is 6.14. The van der Waals surface area contributed by atoms with Gasteiger partial charge in [0.1, 0.15) is 0 Å². The van der Waals surface area contributed by atoms with Gasteiger partial charge in [0.15, 0.2) is 0 Å². The Bertz CT molecular complexity index is 1730. The highest BCUT2D eigenvalue weighted by Crippen LogP contribution is 2.48. The van der Waals surface area contributed by atoms with E-state index in [1.165, 1.54) is 16.1 Å². The van der Waals surface area contributed by atoms with Crippen LogP contribution in [0.3, 0.4) is 0 Å². The van der Waals surface area contributed by atoms with Crippen molar-refractivity contribution in [1.29, 1.82) is 0 Å². The number of carbonyl (C=O) groups excluding carboxylic acids is 1. The molecule has 186 valence electrons. The minimum atomic E-state index is -0.124. The second kappa shape index (κ2) is 7.88. The van der Waals surface area contributed by atoms with Crippen LogP contribution in [0.1, 0.15) is 41.0 Å². The number of hydrogen-bond acceptors (Lipinski definition) is 6. The first kappa shape index (κ1) is 22.0. The normalized spacial score (nSPS) is 14.5. The minimum absolute atomic E-state index is 0.124. The molecule has 0 bridgehead atoms. The predicted octanol–water partition coefficient (Wildman–Crippen LogP) is 4.31. The highest BCUT2D eigenvalue weighted by molar-refractivity contribution is 6.19. The summed E-state index contributed by atoms with van der Waals surface area (Å²) in [5.74, 6) is 7.14. The van der Waals surface area contributed by atoms with Crippen LogP contribution in [0.15, 0.2) is 42.9 Å². The first-order valence-electron chi connectivity index (χ1n) is 12.7. The molecule has 2 aromatic carbocycles. The van der Waals surface area contributed by atoms with Crippen molar-refractivity contribution in [3.8, 4) is 11.1 Å². The van der Waals surface area contributed by atoms with E-state index >= 15 is 0 Å². The summed E-state index contributed by atoms with van der Waals surface area (Å²) in [6, 6.07) is 8.18. The average Bonchev–Trinajstić information content (AvgIpc) is 3.50. The minimum Gasteiger partial charge on any atom is -0.340 e. The molecule has 1 amide bonds. The Labute approximate surface area is 213 Å². The number of carbonyl (C=O) groups is 1. The van der Waals surface area contributed by atoms with Crippen LogP contribution >= 0.6 is 0 Å². The van der Waals surface area contributed by atoms with E-state index in [4.69, 9.17) is 10.9 Å². The standard InChI is InChI=1S/C28H28N8O/c1-15(2)12-35-22-8-5-16(32-28-30-9-4-10-31-28)11-18(22)24-20-14-36(29)27(37)25(20)23-17(26(24)35)6-7-21-19(23)13-34(3)33-21/h4-5,8-11,13,15H,6-7,12,14,29H2,1-3H3,(H,30,31,32). The van der Waals surface area contributed by atoms with Gasteiger partial charge < -0.3 is 9.88 Å². The Morgan fingerprint density at radius 3 is 2.70 bits per heavy atom. The van der Waals surface area contributed by atoms with Crippen molar-refractivity contribution in [2.75, 3.05) is 5.32 Å².